The minimum atomic E-state index is -0.756. The van der Waals surface area contributed by atoms with E-state index in [1.807, 2.05) is 48.9 Å². The smallest absolute Gasteiger partial charge is 0.251 e. The Hall–Kier alpha value is -2.94. The molecule has 2 aromatic heterocycles. The van der Waals surface area contributed by atoms with Crippen LogP contribution >= 0.6 is 11.8 Å². The molecule has 0 saturated carbocycles. The zero-order valence-corrected chi connectivity index (χ0v) is 18.5. The maximum Gasteiger partial charge on any atom is 0.251 e. The number of hydrogen-bond donors (Lipinski definition) is 2. The Kier molecular flexibility index (Phi) is 7.62. The lowest BCUT2D eigenvalue weighted by atomic mass is 10.0. The summed E-state index contributed by atoms with van der Waals surface area (Å²) < 4.78 is 15.0. The van der Waals surface area contributed by atoms with Gasteiger partial charge in [-0.05, 0) is 60.7 Å². The summed E-state index contributed by atoms with van der Waals surface area (Å²) in [6, 6.07) is 9.71. The molecular weight excluding hydrogens is 417 g/mol. The van der Waals surface area contributed by atoms with Gasteiger partial charge in [0.25, 0.3) is 5.91 Å². The van der Waals surface area contributed by atoms with Gasteiger partial charge in [0, 0.05) is 11.8 Å². The van der Waals surface area contributed by atoms with Gasteiger partial charge in [-0.25, -0.2) is 4.39 Å². The highest BCUT2D eigenvalue weighted by atomic mass is 32.2. The van der Waals surface area contributed by atoms with Crippen molar-refractivity contribution in [1.82, 2.24) is 25.2 Å². The molecule has 0 aliphatic rings. The minimum Gasteiger partial charge on any atom is -0.344 e. The van der Waals surface area contributed by atoms with Crippen molar-refractivity contribution in [2.45, 2.75) is 32.4 Å². The number of carbonyl (C=O) groups excluding carboxylic acids is 2. The van der Waals surface area contributed by atoms with Crippen LogP contribution in [0.5, 0.6) is 0 Å². The van der Waals surface area contributed by atoms with Crippen LogP contribution in [0.15, 0.2) is 48.7 Å². The van der Waals surface area contributed by atoms with Crippen molar-refractivity contribution >= 4 is 29.2 Å². The second kappa shape index (κ2) is 10.4. The molecule has 3 rings (SSSR count). The van der Waals surface area contributed by atoms with Crippen LogP contribution in [0, 0.1) is 11.7 Å². The van der Waals surface area contributed by atoms with Gasteiger partial charge in [0.05, 0.1) is 6.04 Å². The fourth-order valence-electron chi connectivity index (χ4n) is 3.22. The third-order valence-electron chi connectivity index (χ3n) is 4.92. The summed E-state index contributed by atoms with van der Waals surface area (Å²) in [5.74, 6) is 0.158. The van der Waals surface area contributed by atoms with Crippen LogP contribution in [0.25, 0.3) is 5.65 Å². The third kappa shape index (κ3) is 5.61. The molecule has 2 atom stereocenters. The Balaban J connectivity index is 1.79. The molecule has 0 saturated heterocycles. The summed E-state index contributed by atoms with van der Waals surface area (Å²) in [6.45, 7) is 3.72. The van der Waals surface area contributed by atoms with Crippen LogP contribution in [0.3, 0.4) is 0 Å². The number of aromatic nitrogens is 3. The molecule has 2 N–H and O–H groups in total. The third-order valence-corrected chi connectivity index (χ3v) is 5.57. The molecule has 1 aromatic carbocycles. The fraction of sp³-hybridized carbons (Fsp3) is 0.364. The van der Waals surface area contributed by atoms with Crippen molar-refractivity contribution in [2.24, 2.45) is 5.92 Å². The highest BCUT2D eigenvalue weighted by Crippen LogP contribution is 2.19. The first-order chi connectivity index (χ1) is 14.9. The predicted octanol–water partition coefficient (Wildman–Crippen LogP) is 3.23. The Morgan fingerprint density at radius 1 is 1.10 bits per heavy atom. The number of pyridine rings is 1. The lowest BCUT2D eigenvalue weighted by Crippen LogP contribution is -2.50. The summed E-state index contributed by atoms with van der Waals surface area (Å²) in [6.07, 6.45) is 4.53. The number of nitrogens with zero attached hydrogens (tertiary/aromatic N) is 3. The van der Waals surface area contributed by atoms with Crippen LogP contribution in [-0.2, 0) is 4.79 Å². The maximum absolute atomic E-state index is 13.2. The molecule has 31 heavy (non-hydrogen) atoms. The van der Waals surface area contributed by atoms with Crippen molar-refractivity contribution in [2.75, 3.05) is 12.0 Å². The number of amides is 2. The lowest BCUT2D eigenvalue weighted by Gasteiger charge is -2.25. The molecule has 0 radical (unpaired) electrons. The Bertz CT molecular complexity index is 1040. The predicted molar refractivity (Wildman–Crippen MR) is 119 cm³/mol. The van der Waals surface area contributed by atoms with Crippen LogP contribution in [0.4, 0.5) is 4.39 Å². The van der Waals surface area contributed by atoms with Crippen LogP contribution in [0.1, 0.15) is 42.5 Å². The van der Waals surface area contributed by atoms with Gasteiger partial charge >= 0.3 is 0 Å². The van der Waals surface area contributed by atoms with E-state index in [2.05, 4.69) is 20.8 Å². The zero-order valence-electron chi connectivity index (χ0n) is 17.7. The molecule has 2 heterocycles. The van der Waals surface area contributed by atoms with Crippen molar-refractivity contribution in [3.8, 4) is 0 Å². The molecule has 0 fully saturated rings. The number of carbonyl (C=O) groups is 2. The van der Waals surface area contributed by atoms with Crippen LogP contribution in [-0.4, -0.2) is 44.5 Å². The number of hydrogen-bond acceptors (Lipinski definition) is 5. The van der Waals surface area contributed by atoms with Crippen molar-refractivity contribution in [3.63, 3.8) is 0 Å². The summed E-state index contributed by atoms with van der Waals surface area (Å²) in [7, 11) is 0. The highest BCUT2D eigenvalue weighted by molar-refractivity contribution is 7.98. The van der Waals surface area contributed by atoms with Crippen molar-refractivity contribution < 1.29 is 14.0 Å². The molecule has 0 spiro atoms. The van der Waals surface area contributed by atoms with Gasteiger partial charge in [0.2, 0.25) is 5.91 Å². The van der Waals surface area contributed by atoms with Gasteiger partial charge in [0.1, 0.15) is 11.9 Å². The number of halogens is 1. The van der Waals surface area contributed by atoms with Gasteiger partial charge in [-0.3, -0.25) is 14.0 Å². The molecule has 164 valence electrons. The number of nitrogens with one attached hydrogen (secondary N) is 2. The Morgan fingerprint density at radius 2 is 1.84 bits per heavy atom. The van der Waals surface area contributed by atoms with E-state index in [0.29, 0.717) is 23.5 Å². The molecule has 7 nitrogen and oxygen atoms in total. The van der Waals surface area contributed by atoms with Gasteiger partial charge < -0.3 is 10.6 Å². The fourth-order valence-corrected chi connectivity index (χ4v) is 3.69. The van der Waals surface area contributed by atoms with Gasteiger partial charge in [0.15, 0.2) is 11.5 Å². The molecule has 0 aliphatic heterocycles. The molecule has 0 unspecified atom stereocenters. The zero-order chi connectivity index (χ0) is 22.4. The Labute approximate surface area is 184 Å². The monoisotopic (exact) mass is 443 g/mol. The quantitative estimate of drug-likeness (QED) is 0.530. The van der Waals surface area contributed by atoms with E-state index in [4.69, 9.17) is 0 Å². The second-order valence-corrected chi connectivity index (χ2v) is 8.52. The van der Waals surface area contributed by atoms with E-state index in [-0.39, 0.29) is 17.9 Å². The first kappa shape index (κ1) is 22.7. The molecule has 0 aliphatic carbocycles. The van der Waals surface area contributed by atoms with Crippen molar-refractivity contribution in [1.29, 1.82) is 0 Å². The molecule has 0 bridgehead atoms. The molecule has 2 amide bonds. The summed E-state index contributed by atoms with van der Waals surface area (Å²) in [4.78, 5) is 25.8. The lowest BCUT2D eigenvalue weighted by molar-refractivity contribution is -0.124. The summed E-state index contributed by atoms with van der Waals surface area (Å²) in [5.41, 5.74) is 0.994. The van der Waals surface area contributed by atoms with E-state index < -0.39 is 17.8 Å². The summed E-state index contributed by atoms with van der Waals surface area (Å²) in [5, 5.41) is 14.3. The molecular formula is C22H26FN5O2S. The minimum absolute atomic E-state index is 0.152. The SMILES string of the molecule is CSCC[C@H](NC(=O)[C@@H](NC(=O)c1ccc(F)cc1)C(C)C)c1nnc2ccccn12. The number of benzene rings is 1. The van der Waals surface area contributed by atoms with E-state index in [9.17, 15) is 14.0 Å². The number of fused-ring (bicyclic) bond motifs is 1. The van der Waals surface area contributed by atoms with E-state index in [1.165, 1.54) is 24.3 Å². The van der Waals surface area contributed by atoms with E-state index in [0.717, 1.165) is 5.75 Å². The van der Waals surface area contributed by atoms with Gasteiger partial charge in [-0.2, -0.15) is 11.8 Å². The maximum atomic E-state index is 13.2. The second-order valence-electron chi connectivity index (χ2n) is 7.53. The van der Waals surface area contributed by atoms with Crippen molar-refractivity contribution in [3.05, 3.63) is 65.9 Å². The largest absolute Gasteiger partial charge is 0.344 e. The van der Waals surface area contributed by atoms with Crippen LogP contribution < -0.4 is 10.6 Å². The average Bonchev–Trinajstić information content (AvgIpc) is 3.19. The average molecular weight is 444 g/mol. The number of rotatable bonds is 9. The highest BCUT2D eigenvalue weighted by Gasteiger charge is 2.28. The first-order valence-corrected chi connectivity index (χ1v) is 11.5. The number of thioether (sulfide) groups is 1. The normalized spacial score (nSPS) is 13.2. The topological polar surface area (TPSA) is 88.4 Å². The molecule has 9 heteroatoms. The van der Waals surface area contributed by atoms with Crippen LogP contribution in [0.2, 0.25) is 0 Å². The van der Waals surface area contributed by atoms with Gasteiger partial charge in [-0.15, -0.1) is 10.2 Å². The molecule has 3 aromatic rings. The standard InChI is InChI=1S/C22H26FN5O2S/c1-14(2)19(25-21(29)15-7-9-16(23)10-8-15)22(30)24-17(11-13-31-3)20-27-26-18-6-4-5-12-28(18)20/h4-10,12,14,17,19H,11,13H2,1-3H3,(H,24,30)(H,25,29)/t17-,19-/m0/s1. The first-order valence-electron chi connectivity index (χ1n) is 10.1. The van der Waals surface area contributed by atoms with E-state index in [1.54, 1.807) is 11.8 Å². The van der Waals surface area contributed by atoms with E-state index >= 15 is 0 Å². The summed E-state index contributed by atoms with van der Waals surface area (Å²) >= 11 is 1.67. The Morgan fingerprint density at radius 3 is 2.52 bits per heavy atom. The van der Waals surface area contributed by atoms with Gasteiger partial charge in [-0.1, -0.05) is 19.9 Å².